The van der Waals surface area contributed by atoms with E-state index in [9.17, 15) is 9.18 Å². The minimum Gasteiger partial charge on any atom is -0.449 e. The highest BCUT2D eigenvalue weighted by Gasteiger charge is 2.19. The third-order valence-electron chi connectivity index (χ3n) is 2.54. The number of ketones is 1. The average Bonchev–Trinajstić information content (AvgIpc) is 2.95. The summed E-state index contributed by atoms with van der Waals surface area (Å²) in [6.07, 6.45) is 0. The second-order valence-electron chi connectivity index (χ2n) is 3.70. The summed E-state index contributed by atoms with van der Waals surface area (Å²) in [5.74, 6) is -0.553. The largest absolute Gasteiger partial charge is 0.449 e. The minimum absolute atomic E-state index is 0.119. The number of furan rings is 1. The molecule has 2 aromatic heterocycles. The predicted octanol–water partition coefficient (Wildman–Crippen LogP) is 4.63. The van der Waals surface area contributed by atoms with Gasteiger partial charge in [-0.15, -0.1) is 11.3 Å². The monoisotopic (exact) mass is 324 g/mol. The minimum atomic E-state index is -0.461. The third-order valence-corrected chi connectivity index (χ3v) is 4.38. The summed E-state index contributed by atoms with van der Waals surface area (Å²) in [6, 6.07) is 7.96. The Morgan fingerprint density at radius 3 is 2.83 bits per heavy atom. The lowest BCUT2D eigenvalue weighted by atomic mass is 10.2. The zero-order valence-electron chi connectivity index (χ0n) is 8.94. The van der Waals surface area contributed by atoms with Gasteiger partial charge in [0, 0.05) is 9.86 Å². The Morgan fingerprint density at radius 1 is 1.33 bits per heavy atom. The van der Waals surface area contributed by atoms with E-state index in [0.29, 0.717) is 10.3 Å². The van der Waals surface area contributed by atoms with Crippen molar-refractivity contribution in [3.8, 4) is 0 Å². The third kappa shape index (κ3) is 1.79. The van der Waals surface area contributed by atoms with Crippen LogP contribution in [0.5, 0.6) is 0 Å². The quantitative estimate of drug-likeness (QED) is 0.643. The fraction of sp³-hybridized carbons (Fsp3) is 0. The molecule has 0 bridgehead atoms. The number of carbonyl (C=O) groups is 1. The van der Waals surface area contributed by atoms with Crippen LogP contribution in [0, 0.1) is 5.82 Å². The smallest absolute Gasteiger partial charge is 0.239 e. The molecule has 0 unspecified atom stereocenters. The van der Waals surface area contributed by atoms with Gasteiger partial charge in [0.2, 0.25) is 5.78 Å². The van der Waals surface area contributed by atoms with E-state index in [4.69, 9.17) is 4.42 Å². The Labute approximate surface area is 114 Å². The molecule has 5 heteroatoms. The highest BCUT2D eigenvalue weighted by molar-refractivity contribution is 9.10. The molecule has 0 radical (unpaired) electrons. The van der Waals surface area contributed by atoms with E-state index in [1.807, 2.05) is 0 Å². The van der Waals surface area contributed by atoms with Gasteiger partial charge in [0.25, 0.3) is 0 Å². The lowest BCUT2D eigenvalue weighted by Gasteiger charge is -1.93. The number of carbonyl (C=O) groups excluding carboxylic acids is 1. The summed E-state index contributed by atoms with van der Waals surface area (Å²) >= 11 is 4.61. The first kappa shape index (κ1) is 11.6. The molecule has 0 saturated heterocycles. The van der Waals surface area contributed by atoms with Crippen molar-refractivity contribution >= 4 is 44.0 Å². The number of halogens is 2. The predicted molar refractivity (Wildman–Crippen MR) is 71.6 cm³/mol. The molecule has 0 saturated carbocycles. The van der Waals surface area contributed by atoms with Crippen molar-refractivity contribution in [2.45, 2.75) is 0 Å². The van der Waals surface area contributed by atoms with E-state index in [2.05, 4.69) is 15.9 Å². The molecule has 0 atom stereocenters. The maximum absolute atomic E-state index is 13.5. The number of rotatable bonds is 2. The number of thiophene rings is 1. The fourth-order valence-electron chi connectivity index (χ4n) is 1.71. The zero-order chi connectivity index (χ0) is 12.7. The van der Waals surface area contributed by atoms with Crippen LogP contribution >= 0.6 is 27.3 Å². The zero-order valence-corrected chi connectivity index (χ0v) is 11.3. The van der Waals surface area contributed by atoms with E-state index in [-0.39, 0.29) is 17.1 Å². The molecule has 2 heterocycles. The van der Waals surface area contributed by atoms with E-state index in [1.54, 1.807) is 29.6 Å². The van der Waals surface area contributed by atoms with Crippen LogP contribution in [0.4, 0.5) is 4.39 Å². The van der Waals surface area contributed by atoms with Crippen LogP contribution in [0.1, 0.15) is 15.4 Å². The van der Waals surface area contributed by atoms with Gasteiger partial charge in [0.15, 0.2) is 17.2 Å². The summed E-state index contributed by atoms with van der Waals surface area (Å²) in [4.78, 5) is 12.7. The molecular weight excluding hydrogens is 319 g/mol. The average molecular weight is 325 g/mol. The van der Waals surface area contributed by atoms with Crippen molar-refractivity contribution in [1.82, 2.24) is 0 Å². The molecule has 0 spiro atoms. The lowest BCUT2D eigenvalue weighted by Crippen LogP contribution is -1.96. The number of para-hydroxylation sites is 1. The molecule has 2 nitrogen and oxygen atoms in total. The SMILES string of the molecule is O=C(c1cc2cccc(F)c2o1)c1sccc1Br. The van der Waals surface area contributed by atoms with Crippen molar-refractivity contribution in [2.24, 2.45) is 0 Å². The van der Waals surface area contributed by atoms with Gasteiger partial charge in [-0.1, -0.05) is 12.1 Å². The highest BCUT2D eigenvalue weighted by atomic mass is 79.9. The number of hydrogen-bond donors (Lipinski definition) is 0. The van der Waals surface area contributed by atoms with Crippen molar-refractivity contribution in [2.75, 3.05) is 0 Å². The van der Waals surface area contributed by atoms with Crippen LogP contribution in [-0.2, 0) is 0 Å². The molecule has 3 rings (SSSR count). The number of benzene rings is 1. The van der Waals surface area contributed by atoms with Crippen LogP contribution in [-0.4, -0.2) is 5.78 Å². The summed E-state index contributed by atoms with van der Waals surface area (Å²) in [7, 11) is 0. The standard InChI is InChI=1S/C13H6BrFO2S/c14-8-4-5-18-13(8)11(16)10-6-7-2-1-3-9(15)12(7)17-10/h1-6H. The molecule has 0 aliphatic rings. The van der Waals surface area contributed by atoms with Gasteiger partial charge in [-0.3, -0.25) is 4.79 Å². The molecule has 0 N–H and O–H groups in total. The maximum atomic E-state index is 13.5. The first-order valence-electron chi connectivity index (χ1n) is 5.12. The number of fused-ring (bicyclic) bond motifs is 1. The summed E-state index contributed by atoms with van der Waals surface area (Å²) in [6.45, 7) is 0. The Morgan fingerprint density at radius 2 is 2.17 bits per heavy atom. The van der Waals surface area contributed by atoms with Crippen LogP contribution < -0.4 is 0 Å². The summed E-state index contributed by atoms with van der Waals surface area (Å²) in [5.41, 5.74) is 0.119. The van der Waals surface area contributed by atoms with E-state index < -0.39 is 5.82 Å². The topological polar surface area (TPSA) is 30.2 Å². The van der Waals surface area contributed by atoms with Gasteiger partial charge in [-0.25, -0.2) is 4.39 Å². The Bertz CT molecular complexity index is 744. The molecule has 0 amide bonds. The first-order valence-corrected chi connectivity index (χ1v) is 6.80. The molecular formula is C13H6BrFO2S. The van der Waals surface area contributed by atoms with E-state index in [1.165, 1.54) is 17.4 Å². The normalized spacial score (nSPS) is 11.0. The summed E-state index contributed by atoms with van der Waals surface area (Å²) in [5, 5.41) is 2.40. The van der Waals surface area contributed by atoms with Crippen molar-refractivity contribution in [3.63, 3.8) is 0 Å². The Balaban J connectivity index is 2.13. The van der Waals surface area contributed by atoms with Gasteiger partial charge in [-0.2, -0.15) is 0 Å². The molecule has 0 aliphatic carbocycles. The Hall–Kier alpha value is -1.46. The second kappa shape index (κ2) is 4.33. The van der Waals surface area contributed by atoms with Crippen LogP contribution in [0.3, 0.4) is 0 Å². The van der Waals surface area contributed by atoms with Crippen LogP contribution in [0.25, 0.3) is 11.0 Å². The Kier molecular flexibility index (Phi) is 2.80. The van der Waals surface area contributed by atoms with Gasteiger partial charge in [0.1, 0.15) is 0 Å². The second-order valence-corrected chi connectivity index (χ2v) is 5.47. The van der Waals surface area contributed by atoms with E-state index in [0.717, 1.165) is 4.47 Å². The maximum Gasteiger partial charge on any atom is 0.239 e. The molecule has 0 aliphatic heterocycles. The fourth-order valence-corrected chi connectivity index (χ4v) is 3.20. The first-order chi connectivity index (χ1) is 8.66. The van der Waals surface area contributed by atoms with Crippen molar-refractivity contribution < 1.29 is 13.6 Å². The van der Waals surface area contributed by atoms with Crippen molar-refractivity contribution in [3.05, 3.63) is 56.6 Å². The molecule has 90 valence electrons. The summed E-state index contributed by atoms with van der Waals surface area (Å²) < 4.78 is 19.5. The van der Waals surface area contributed by atoms with Crippen LogP contribution in [0.15, 0.2) is 44.6 Å². The molecule has 1 aromatic carbocycles. The van der Waals surface area contributed by atoms with Crippen molar-refractivity contribution in [1.29, 1.82) is 0 Å². The highest BCUT2D eigenvalue weighted by Crippen LogP contribution is 2.29. The number of hydrogen-bond acceptors (Lipinski definition) is 3. The van der Waals surface area contributed by atoms with E-state index >= 15 is 0 Å². The molecule has 0 fully saturated rings. The lowest BCUT2D eigenvalue weighted by molar-refractivity contribution is 0.101. The van der Waals surface area contributed by atoms with Gasteiger partial charge in [-0.05, 0) is 39.5 Å². The van der Waals surface area contributed by atoms with Gasteiger partial charge >= 0.3 is 0 Å². The molecule has 3 aromatic rings. The van der Waals surface area contributed by atoms with Gasteiger partial charge < -0.3 is 4.42 Å². The van der Waals surface area contributed by atoms with Crippen LogP contribution in [0.2, 0.25) is 0 Å². The molecule has 18 heavy (non-hydrogen) atoms. The van der Waals surface area contributed by atoms with Gasteiger partial charge in [0.05, 0.1) is 4.88 Å².